The van der Waals surface area contributed by atoms with Gasteiger partial charge in [0.1, 0.15) is 0 Å². The molecule has 1 amide bonds. The van der Waals surface area contributed by atoms with Gasteiger partial charge in [-0.15, -0.1) is 0 Å². The van der Waals surface area contributed by atoms with Crippen LogP contribution in [0.1, 0.15) is 328 Å². The van der Waals surface area contributed by atoms with Gasteiger partial charge in [-0.2, -0.15) is 0 Å². The van der Waals surface area contributed by atoms with Crippen LogP contribution in [0, 0.1) is 0 Å². The lowest BCUT2D eigenvalue weighted by Gasteiger charge is -2.20. The van der Waals surface area contributed by atoms with Crippen LogP contribution >= 0.6 is 0 Å². The molecule has 0 radical (unpaired) electrons. The standard InChI is InChI=1S/C63H119NO5/c1-3-5-7-9-11-13-15-17-19-21-23-24-27-31-35-39-43-47-51-55-61(66)60(59-65)64-62(67)56-52-48-44-40-36-32-28-26-30-34-38-42-46-50-54-58-69-63(68)57-53-49-45-41-37-33-29-25-22-20-18-16-14-12-10-8-6-4-2/h14,16,20,22,51,55,60-61,65-66H,3-13,15,17-19,21,23-50,52-54,56-59H2,1-2H3,(H,64,67)/b16-14-,22-20-,55-51+. The number of allylic oxidation sites excluding steroid dienone is 5. The van der Waals surface area contributed by atoms with Crippen molar-refractivity contribution in [2.24, 2.45) is 0 Å². The van der Waals surface area contributed by atoms with E-state index in [-0.39, 0.29) is 18.5 Å². The minimum Gasteiger partial charge on any atom is -0.466 e. The predicted octanol–water partition coefficient (Wildman–Crippen LogP) is 19.2. The Labute approximate surface area is 430 Å². The Morgan fingerprint density at radius 1 is 0.406 bits per heavy atom. The summed E-state index contributed by atoms with van der Waals surface area (Å²) < 4.78 is 5.48. The summed E-state index contributed by atoms with van der Waals surface area (Å²) in [5.74, 6) is -0.0821. The molecule has 406 valence electrons. The zero-order chi connectivity index (χ0) is 50.0. The maximum atomic E-state index is 12.5. The second kappa shape index (κ2) is 58.6. The van der Waals surface area contributed by atoms with Gasteiger partial charge in [0.05, 0.1) is 25.4 Å². The van der Waals surface area contributed by atoms with Gasteiger partial charge in [-0.05, 0) is 64.2 Å². The molecular formula is C63H119NO5. The Balaban J connectivity index is 3.46. The molecule has 0 saturated carbocycles. The molecule has 6 nitrogen and oxygen atoms in total. The van der Waals surface area contributed by atoms with E-state index in [0.717, 1.165) is 64.2 Å². The number of aliphatic hydroxyl groups is 2. The molecule has 0 aromatic rings. The highest BCUT2D eigenvalue weighted by Crippen LogP contribution is 2.17. The molecule has 69 heavy (non-hydrogen) atoms. The Hall–Kier alpha value is -1.92. The largest absolute Gasteiger partial charge is 0.466 e. The van der Waals surface area contributed by atoms with Crippen molar-refractivity contribution in [3.05, 3.63) is 36.5 Å². The topological polar surface area (TPSA) is 95.9 Å². The third-order valence-electron chi connectivity index (χ3n) is 14.2. The highest BCUT2D eigenvalue weighted by molar-refractivity contribution is 5.76. The third kappa shape index (κ3) is 55.2. The van der Waals surface area contributed by atoms with E-state index >= 15 is 0 Å². The van der Waals surface area contributed by atoms with Gasteiger partial charge >= 0.3 is 5.97 Å². The molecule has 0 saturated heterocycles. The zero-order valence-corrected chi connectivity index (χ0v) is 46.3. The van der Waals surface area contributed by atoms with Crippen LogP contribution in [0.3, 0.4) is 0 Å². The molecule has 0 aliphatic carbocycles. The number of unbranched alkanes of at least 4 members (excludes halogenated alkanes) is 42. The SMILES string of the molecule is CCCCCC/C=C\C/C=C\CCCCCCCCCC(=O)OCCCCCCCCCCCCCCCCCC(=O)NC(CO)C(O)/C=C/CCCCCCCCCCCCCCCCCCC. The van der Waals surface area contributed by atoms with Crippen LogP contribution in [-0.2, 0) is 14.3 Å². The first-order valence-corrected chi connectivity index (χ1v) is 30.8. The highest BCUT2D eigenvalue weighted by atomic mass is 16.5. The summed E-state index contributed by atoms with van der Waals surface area (Å²) in [6.07, 6.45) is 73.1. The summed E-state index contributed by atoms with van der Waals surface area (Å²) in [4.78, 5) is 24.6. The molecule has 0 aromatic carbocycles. The second-order valence-electron chi connectivity index (χ2n) is 21.0. The zero-order valence-electron chi connectivity index (χ0n) is 46.3. The summed E-state index contributed by atoms with van der Waals surface area (Å²) in [5, 5.41) is 23.2. The van der Waals surface area contributed by atoms with E-state index in [1.54, 1.807) is 6.08 Å². The molecule has 2 unspecified atom stereocenters. The van der Waals surface area contributed by atoms with E-state index < -0.39 is 12.1 Å². The molecule has 0 rings (SSSR count). The smallest absolute Gasteiger partial charge is 0.305 e. The summed E-state index contributed by atoms with van der Waals surface area (Å²) in [6, 6.07) is -0.636. The molecular weight excluding hydrogens is 851 g/mol. The van der Waals surface area contributed by atoms with E-state index in [9.17, 15) is 19.8 Å². The molecule has 0 fully saturated rings. The minimum atomic E-state index is -0.852. The van der Waals surface area contributed by atoms with Crippen LogP contribution in [0.25, 0.3) is 0 Å². The van der Waals surface area contributed by atoms with Crippen LogP contribution in [0.5, 0.6) is 0 Å². The number of hydrogen-bond acceptors (Lipinski definition) is 5. The van der Waals surface area contributed by atoms with Crippen LogP contribution in [0.15, 0.2) is 36.5 Å². The van der Waals surface area contributed by atoms with Crippen LogP contribution in [-0.4, -0.2) is 47.4 Å². The summed E-state index contributed by atoms with van der Waals surface area (Å²) in [5.41, 5.74) is 0. The maximum Gasteiger partial charge on any atom is 0.305 e. The number of esters is 1. The van der Waals surface area contributed by atoms with Gasteiger partial charge in [-0.3, -0.25) is 9.59 Å². The lowest BCUT2D eigenvalue weighted by atomic mass is 10.0. The lowest BCUT2D eigenvalue weighted by Crippen LogP contribution is -2.45. The van der Waals surface area contributed by atoms with Crippen molar-refractivity contribution in [2.75, 3.05) is 13.2 Å². The van der Waals surface area contributed by atoms with Crippen molar-refractivity contribution in [3.8, 4) is 0 Å². The van der Waals surface area contributed by atoms with Crippen LogP contribution in [0.4, 0.5) is 0 Å². The first-order chi connectivity index (χ1) is 34.0. The van der Waals surface area contributed by atoms with Crippen molar-refractivity contribution in [2.45, 2.75) is 341 Å². The molecule has 0 aliphatic rings. The van der Waals surface area contributed by atoms with Gasteiger partial charge in [-0.25, -0.2) is 0 Å². The molecule has 0 bridgehead atoms. The van der Waals surface area contributed by atoms with Crippen molar-refractivity contribution >= 4 is 11.9 Å². The van der Waals surface area contributed by atoms with Crippen molar-refractivity contribution in [1.82, 2.24) is 5.32 Å². The Bertz CT molecular complexity index is 1120. The fourth-order valence-electron chi connectivity index (χ4n) is 9.43. The molecule has 0 spiro atoms. The molecule has 3 N–H and O–H groups in total. The summed E-state index contributed by atoms with van der Waals surface area (Å²) >= 11 is 0. The van der Waals surface area contributed by atoms with Gasteiger partial charge in [0, 0.05) is 12.8 Å². The molecule has 6 heteroatoms. The normalized spacial score (nSPS) is 12.8. The fourth-order valence-corrected chi connectivity index (χ4v) is 9.43. The van der Waals surface area contributed by atoms with Crippen molar-refractivity contribution in [1.29, 1.82) is 0 Å². The number of carbonyl (C=O) groups is 2. The number of carbonyl (C=O) groups excluding carboxylic acids is 2. The number of nitrogens with one attached hydrogen (secondary N) is 1. The summed E-state index contributed by atoms with van der Waals surface area (Å²) in [6.45, 7) is 4.88. The van der Waals surface area contributed by atoms with Crippen molar-refractivity contribution < 1.29 is 24.5 Å². The Morgan fingerprint density at radius 2 is 0.725 bits per heavy atom. The second-order valence-corrected chi connectivity index (χ2v) is 21.0. The highest BCUT2D eigenvalue weighted by Gasteiger charge is 2.18. The minimum absolute atomic E-state index is 0.00747. The maximum absolute atomic E-state index is 12.5. The lowest BCUT2D eigenvalue weighted by molar-refractivity contribution is -0.143. The Kier molecular flexibility index (Phi) is 57.0. The average molecular weight is 971 g/mol. The van der Waals surface area contributed by atoms with Gasteiger partial charge < -0.3 is 20.3 Å². The van der Waals surface area contributed by atoms with E-state index in [1.807, 2.05) is 6.08 Å². The average Bonchev–Trinajstić information content (AvgIpc) is 3.35. The van der Waals surface area contributed by atoms with E-state index in [0.29, 0.717) is 19.4 Å². The van der Waals surface area contributed by atoms with E-state index in [2.05, 4.69) is 43.5 Å². The third-order valence-corrected chi connectivity index (χ3v) is 14.2. The van der Waals surface area contributed by atoms with E-state index in [4.69, 9.17) is 4.74 Å². The van der Waals surface area contributed by atoms with E-state index in [1.165, 1.54) is 238 Å². The summed E-state index contributed by atoms with van der Waals surface area (Å²) in [7, 11) is 0. The van der Waals surface area contributed by atoms with Crippen LogP contribution < -0.4 is 5.32 Å². The molecule has 0 heterocycles. The number of hydrogen-bond donors (Lipinski definition) is 3. The fraction of sp³-hybridized carbons (Fsp3) is 0.873. The van der Waals surface area contributed by atoms with Gasteiger partial charge in [0.2, 0.25) is 5.91 Å². The first kappa shape index (κ1) is 67.1. The van der Waals surface area contributed by atoms with Gasteiger partial charge in [-0.1, -0.05) is 288 Å². The quantitative estimate of drug-likeness (QED) is 0.0321. The van der Waals surface area contributed by atoms with Gasteiger partial charge in [0.25, 0.3) is 0 Å². The molecule has 2 atom stereocenters. The van der Waals surface area contributed by atoms with Crippen LogP contribution in [0.2, 0.25) is 0 Å². The van der Waals surface area contributed by atoms with Crippen molar-refractivity contribution in [3.63, 3.8) is 0 Å². The molecule has 0 aliphatic heterocycles. The van der Waals surface area contributed by atoms with Gasteiger partial charge in [0.15, 0.2) is 0 Å². The predicted molar refractivity (Wildman–Crippen MR) is 301 cm³/mol. The molecule has 0 aromatic heterocycles. The number of rotatable bonds is 57. The number of ether oxygens (including phenoxy) is 1. The number of amides is 1. The number of aliphatic hydroxyl groups excluding tert-OH is 2. The first-order valence-electron chi connectivity index (χ1n) is 30.8. The monoisotopic (exact) mass is 970 g/mol. The Morgan fingerprint density at radius 3 is 1.12 bits per heavy atom.